The van der Waals surface area contributed by atoms with Crippen LogP contribution in [0.5, 0.6) is 0 Å². The number of halogens is 1. The zero-order chi connectivity index (χ0) is 14.0. The van der Waals surface area contributed by atoms with Crippen molar-refractivity contribution >= 4 is 22.7 Å². The number of aromatic nitrogens is 2. The van der Waals surface area contributed by atoms with Crippen LogP contribution in [0.3, 0.4) is 0 Å². The van der Waals surface area contributed by atoms with Crippen LogP contribution in [0.1, 0.15) is 6.92 Å². The summed E-state index contributed by atoms with van der Waals surface area (Å²) in [5.74, 6) is -1.48. The van der Waals surface area contributed by atoms with Gasteiger partial charge in [-0.3, -0.25) is 4.79 Å². The number of benzene rings is 1. The van der Waals surface area contributed by atoms with E-state index in [1.807, 2.05) is 0 Å². The van der Waals surface area contributed by atoms with Crippen LogP contribution in [-0.4, -0.2) is 34.6 Å². The minimum atomic E-state index is -0.898. The highest BCUT2D eigenvalue weighted by Crippen LogP contribution is 2.25. The van der Waals surface area contributed by atoms with Crippen molar-refractivity contribution in [2.75, 3.05) is 18.5 Å². The minimum Gasteiger partial charge on any atom is -0.481 e. The van der Waals surface area contributed by atoms with Gasteiger partial charge in [0.15, 0.2) is 0 Å². The lowest BCUT2D eigenvalue weighted by Gasteiger charge is -2.21. The van der Waals surface area contributed by atoms with Gasteiger partial charge in [0, 0.05) is 13.6 Å². The summed E-state index contributed by atoms with van der Waals surface area (Å²) in [7, 11) is 1.69. The van der Waals surface area contributed by atoms with Crippen molar-refractivity contribution in [1.82, 2.24) is 9.97 Å². The summed E-state index contributed by atoms with van der Waals surface area (Å²) < 4.78 is 13.9. The summed E-state index contributed by atoms with van der Waals surface area (Å²) in [6.07, 6.45) is 1.35. The molecule has 0 fully saturated rings. The Hall–Kier alpha value is -2.24. The van der Waals surface area contributed by atoms with Crippen molar-refractivity contribution in [2.45, 2.75) is 6.92 Å². The third-order valence-corrected chi connectivity index (χ3v) is 2.92. The Kier molecular flexibility index (Phi) is 3.59. The van der Waals surface area contributed by atoms with Crippen molar-refractivity contribution in [3.63, 3.8) is 0 Å². The fourth-order valence-corrected chi connectivity index (χ4v) is 1.92. The first-order valence-corrected chi connectivity index (χ1v) is 5.84. The van der Waals surface area contributed by atoms with Crippen LogP contribution in [0, 0.1) is 11.7 Å². The molecule has 1 heterocycles. The van der Waals surface area contributed by atoms with Gasteiger partial charge >= 0.3 is 5.97 Å². The Morgan fingerprint density at radius 2 is 2.21 bits per heavy atom. The molecule has 1 aromatic heterocycles. The fourth-order valence-electron chi connectivity index (χ4n) is 1.92. The minimum absolute atomic E-state index is 0.246. The number of anilines is 1. The van der Waals surface area contributed by atoms with Crippen molar-refractivity contribution in [3.05, 3.63) is 30.3 Å². The van der Waals surface area contributed by atoms with Gasteiger partial charge < -0.3 is 10.0 Å². The molecule has 100 valence electrons. The molecule has 6 heteroatoms. The third-order valence-electron chi connectivity index (χ3n) is 2.92. The van der Waals surface area contributed by atoms with Crippen LogP contribution in [0.15, 0.2) is 24.5 Å². The molecule has 1 aromatic carbocycles. The molecule has 1 N–H and O–H groups in total. The zero-order valence-corrected chi connectivity index (χ0v) is 10.7. The zero-order valence-electron chi connectivity index (χ0n) is 10.7. The molecule has 0 radical (unpaired) electrons. The Bertz CT molecular complexity index is 613. The van der Waals surface area contributed by atoms with Gasteiger partial charge in [0.05, 0.1) is 16.8 Å². The van der Waals surface area contributed by atoms with Crippen LogP contribution in [0.25, 0.3) is 10.9 Å². The van der Waals surface area contributed by atoms with Crippen LogP contribution in [-0.2, 0) is 4.79 Å². The lowest BCUT2D eigenvalue weighted by atomic mass is 10.1. The monoisotopic (exact) mass is 263 g/mol. The molecule has 0 saturated heterocycles. The molecular formula is C13H14FN3O2. The van der Waals surface area contributed by atoms with Gasteiger partial charge in [-0.1, -0.05) is 13.0 Å². The number of carbonyl (C=O) groups is 1. The highest BCUT2D eigenvalue weighted by Gasteiger charge is 2.17. The topological polar surface area (TPSA) is 66.3 Å². The van der Waals surface area contributed by atoms with Crippen molar-refractivity contribution in [1.29, 1.82) is 0 Å². The second kappa shape index (κ2) is 5.17. The van der Waals surface area contributed by atoms with E-state index in [4.69, 9.17) is 5.11 Å². The number of aliphatic carboxylic acids is 1. The predicted octanol–water partition coefficient (Wildman–Crippen LogP) is 1.93. The van der Waals surface area contributed by atoms with E-state index in [1.54, 1.807) is 31.0 Å². The lowest BCUT2D eigenvalue weighted by Crippen LogP contribution is -2.29. The number of hydrogen-bond donors (Lipinski definition) is 1. The standard InChI is InChI=1S/C13H14FN3O2/c1-8(13(18)19)6-17(2)12-11-9(14)4-3-5-10(11)15-7-16-12/h3-5,7-8H,6H2,1-2H3,(H,18,19). The third kappa shape index (κ3) is 2.62. The molecule has 2 aromatic rings. The van der Waals surface area contributed by atoms with Gasteiger partial charge in [-0.25, -0.2) is 14.4 Å². The van der Waals surface area contributed by atoms with Crippen LogP contribution in [0.4, 0.5) is 10.2 Å². The Morgan fingerprint density at radius 3 is 2.89 bits per heavy atom. The van der Waals surface area contributed by atoms with Crippen molar-refractivity contribution in [3.8, 4) is 0 Å². The van der Waals surface area contributed by atoms with Gasteiger partial charge in [-0.2, -0.15) is 0 Å². The summed E-state index contributed by atoms with van der Waals surface area (Å²) in [6, 6.07) is 4.61. The highest BCUT2D eigenvalue weighted by molar-refractivity contribution is 5.89. The first-order chi connectivity index (χ1) is 9.00. The summed E-state index contributed by atoms with van der Waals surface area (Å²) in [5.41, 5.74) is 0.500. The van der Waals surface area contributed by atoms with Gasteiger partial charge in [0.1, 0.15) is 18.0 Å². The average molecular weight is 263 g/mol. The molecule has 0 spiro atoms. The van der Waals surface area contributed by atoms with E-state index in [2.05, 4.69) is 9.97 Å². The van der Waals surface area contributed by atoms with Gasteiger partial charge in [0.2, 0.25) is 0 Å². The largest absolute Gasteiger partial charge is 0.481 e. The smallest absolute Gasteiger partial charge is 0.308 e. The number of carboxylic acids is 1. The van der Waals surface area contributed by atoms with E-state index in [1.165, 1.54) is 12.4 Å². The summed E-state index contributed by atoms with van der Waals surface area (Å²) >= 11 is 0. The van der Waals surface area contributed by atoms with Crippen molar-refractivity contribution in [2.24, 2.45) is 5.92 Å². The molecule has 0 amide bonds. The molecule has 0 aliphatic heterocycles. The maximum Gasteiger partial charge on any atom is 0.308 e. The van der Waals surface area contributed by atoms with E-state index in [0.29, 0.717) is 16.7 Å². The summed E-state index contributed by atoms with van der Waals surface area (Å²) in [4.78, 5) is 20.6. The molecule has 2 rings (SSSR count). The number of carboxylic acid groups (broad SMARTS) is 1. The number of hydrogen-bond acceptors (Lipinski definition) is 4. The first-order valence-electron chi connectivity index (χ1n) is 5.84. The quantitative estimate of drug-likeness (QED) is 0.913. The van der Waals surface area contributed by atoms with Crippen molar-refractivity contribution < 1.29 is 14.3 Å². The molecule has 0 bridgehead atoms. The maximum absolute atomic E-state index is 13.9. The molecule has 0 saturated carbocycles. The van der Waals surface area contributed by atoms with E-state index >= 15 is 0 Å². The lowest BCUT2D eigenvalue weighted by molar-refractivity contribution is -0.140. The first kappa shape index (κ1) is 13.2. The van der Waals surface area contributed by atoms with E-state index < -0.39 is 17.7 Å². The number of rotatable bonds is 4. The number of nitrogens with zero attached hydrogens (tertiary/aromatic N) is 3. The second-order valence-corrected chi connectivity index (χ2v) is 4.45. The fraction of sp³-hybridized carbons (Fsp3) is 0.308. The highest BCUT2D eigenvalue weighted by atomic mass is 19.1. The van der Waals surface area contributed by atoms with Gasteiger partial charge in [-0.05, 0) is 12.1 Å². The van der Waals surface area contributed by atoms with E-state index in [0.717, 1.165) is 0 Å². The second-order valence-electron chi connectivity index (χ2n) is 4.45. The van der Waals surface area contributed by atoms with Gasteiger partial charge in [-0.15, -0.1) is 0 Å². The number of fused-ring (bicyclic) bond motifs is 1. The molecular weight excluding hydrogens is 249 g/mol. The SMILES string of the molecule is CC(CN(C)c1ncnc2cccc(F)c12)C(=O)O. The Labute approximate surface area is 109 Å². The summed E-state index contributed by atoms with van der Waals surface area (Å²) in [6.45, 7) is 1.84. The molecule has 0 aliphatic carbocycles. The molecule has 1 atom stereocenters. The van der Waals surface area contributed by atoms with E-state index in [-0.39, 0.29) is 6.54 Å². The maximum atomic E-state index is 13.9. The Balaban J connectivity index is 2.42. The predicted molar refractivity (Wildman–Crippen MR) is 69.6 cm³/mol. The average Bonchev–Trinajstić information content (AvgIpc) is 2.38. The van der Waals surface area contributed by atoms with E-state index in [9.17, 15) is 9.18 Å². The Morgan fingerprint density at radius 1 is 1.47 bits per heavy atom. The van der Waals surface area contributed by atoms with Crippen LogP contribution in [0.2, 0.25) is 0 Å². The van der Waals surface area contributed by atoms with Crippen LogP contribution < -0.4 is 4.90 Å². The molecule has 19 heavy (non-hydrogen) atoms. The molecule has 5 nitrogen and oxygen atoms in total. The summed E-state index contributed by atoms with van der Waals surface area (Å²) in [5, 5.41) is 9.22. The normalized spacial score (nSPS) is 12.4. The van der Waals surface area contributed by atoms with Crippen LogP contribution >= 0.6 is 0 Å². The van der Waals surface area contributed by atoms with Gasteiger partial charge in [0.25, 0.3) is 0 Å². The molecule has 1 unspecified atom stereocenters. The molecule has 0 aliphatic rings.